The zero-order valence-corrected chi connectivity index (χ0v) is 12.6. The van der Waals surface area contributed by atoms with Crippen molar-refractivity contribution in [2.24, 2.45) is 0 Å². The van der Waals surface area contributed by atoms with Crippen molar-refractivity contribution in [2.75, 3.05) is 38.7 Å². The van der Waals surface area contributed by atoms with E-state index in [1.807, 2.05) is 24.3 Å². The van der Waals surface area contributed by atoms with Crippen LogP contribution in [0.2, 0.25) is 0 Å². The van der Waals surface area contributed by atoms with E-state index < -0.39 is 0 Å². The van der Waals surface area contributed by atoms with Gasteiger partial charge < -0.3 is 20.1 Å². The van der Waals surface area contributed by atoms with E-state index in [-0.39, 0.29) is 12.1 Å². The molecule has 0 aromatic heterocycles. The van der Waals surface area contributed by atoms with E-state index >= 15 is 0 Å². The molecule has 0 bridgehead atoms. The summed E-state index contributed by atoms with van der Waals surface area (Å²) in [5, 5.41) is 13.4. The molecule has 0 amide bonds. The summed E-state index contributed by atoms with van der Waals surface area (Å²) < 4.78 is 5.18. The van der Waals surface area contributed by atoms with Gasteiger partial charge in [0.15, 0.2) is 0 Å². The first-order valence-electron chi connectivity index (χ1n) is 7.47. The van der Waals surface area contributed by atoms with E-state index in [0.717, 1.165) is 50.3 Å². The summed E-state index contributed by atoms with van der Waals surface area (Å²) in [6.45, 7) is 5.63. The SMILES string of the molecule is CCN1CCCC(CO)(Nc2ccc(OC)cc2)CC1. The Hall–Kier alpha value is -1.26. The standard InChI is InChI=1S/C16H26N2O2/c1-3-18-11-4-9-16(13-19,10-12-18)17-14-5-7-15(20-2)8-6-14/h5-8,17,19H,3-4,9-13H2,1-2H3. The number of nitrogens with one attached hydrogen (secondary N) is 1. The fraction of sp³-hybridized carbons (Fsp3) is 0.625. The highest BCUT2D eigenvalue weighted by Gasteiger charge is 2.31. The van der Waals surface area contributed by atoms with Gasteiger partial charge in [-0.25, -0.2) is 0 Å². The average molecular weight is 278 g/mol. The van der Waals surface area contributed by atoms with Gasteiger partial charge in [0.25, 0.3) is 0 Å². The van der Waals surface area contributed by atoms with Crippen molar-refractivity contribution >= 4 is 5.69 Å². The largest absolute Gasteiger partial charge is 0.497 e. The van der Waals surface area contributed by atoms with Gasteiger partial charge in [-0.1, -0.05) is 6.92 Å². The summed E-state index contributed by atoms with van der Waals surface area (Å²) in [6, 6.07) is 7.92. The lowest BCUT2D eigenvalue weighted by Crippen LogP contribution is -2.43. The van der Waals surface area contributed by atoms with E-state index in [4.69, 9.17) is 4.74 Å². The fourth-order valence-corrected chi connectivity index (χ4v) is 2.87. The number of hydrogen-bond donors (Lipinski definition) is 2. The van der Waals surface area contributed by atoms with Crippen LogP contribution >= 0.6 is 0 Å². The normalized spacial score (nSPS) is 24.1. The summed E-state index contributed by atoms with van der Waals surface area (Å²) in [5.41, 5.74) is 0.850. The Kier molecular flexibility index (Phi) is 5.26. The molecular weight excluding hydrogens is 252 g/mol. The third kappa shape index (κ3) is 3.64. The van der Waals surface area contributed by atoms with Crippen LogP contribution in [0.25, 0.3) is 0 Å². The number of aliphatic hydroxyl groups is 1. The van der Waals surface area contributed by atoms with Crippen molar-refractivity contribution in [3.63, 3.8) is 0 Å². The van der Waals surface area contributed by atoms with E-state index in [1.165, 1.54) is 0 Å². The number of likely N-dealkylation sites (tertiary alicyclic amines) is 1. The lowest BCUT2D eigenvalue weighted by molar-refractivity contribution is 0.193. The topological polar surface area (TPSA) is 44.7 Å². The molecule has 112 valence electrons. The first kappa shape index (κ1) is 15.1. The van der Waals surface area contributed by atoms with Crippen molar-refractivity contribution in [3.05, 3.63) is 24.3 Å². The fourth-order valence-electron chi connectivity index (χ4n) is 2.87. The molecule has 4 heteroatoms. The molecule has 1 unspecified atom stereocenters. The number of aliphatic hydroxyl groups excluding tert-OH is 1. The van der Waals surface area contributed by atoms with Gasteiger partial charge in [0.05, 0.1) is 19.3 Å². The molecule has 0 aliphatic carbocycles. The number of methoxy groups -OCH3 is 1. The van der Waals surface area contributed by atoms with Crippen LogP contribution < -0.4 is 10.1 Å². The molecule has 0 spiro atoms. The second kappa shape index (κ2) is 6.95. The predicted molar refractivity (Wildman–Crippen MR) is 82.4 cm³/mol. The summed E-state index contributed by atoms with van der Waals surface area (Å²) >= 11 is 0. The molecule has 0 radical (unpaired) electrons. The number of anilines is 1. The Balaban J connectivity index is 2.06. The Bertz CT molecular complexity index is 407. The maximum atomic E-state index is 9.88. The Morgan fingerprint density at radius 3 is 2.60 bits per heavy atom. The maximum Gasteiger partial charge on any atom is 0.119 e. The quantitative estimate of drug-likeness (QED) is 0.868. The Morgan fingerprint density at radius 1 is 1.25 bits per heavy atom. The second-order valence-electron chi connectivity index (χ2n) is 5.58. The third-order valence-corrected chi connectivity index (χ3v) is 4.29. The number of hydrogen-bond acceptors (Lipinski definition) is 4. The van der Waals surface area contributed by atoms with Crippen molar-refractivity contribution in [2.45, 2.75) is 31.7 Å². The molecule has 1 fully saturated rings. The smallest absolute Gasteiger partial charge is 0.119 e. The van der Waals surface area contributed by atoms with E-state index in [1.54, 1.807) is 7.11 Å². The van der Waals surface area contributed by atoms with Crippen LogP contribution in [0.15, 0.2) is 24.3 Å². The van der Waals surface area contributed by atoms with Gasteiger partial charge in [0.1, 0.15) is 5.75 Å². The second-order valence-corrected chi connectivity index (χ2v) is 5.58. The van der Waals surface area contributed by atoms with Gasteiger partial charge in [-0.3, -0.25) is 0 Å². The minimum absolute atomic E-state index is 0.177. The minimum atomic E-state index is -0.196. The number of nitrogens with zero attached hydrogens (tertiary/aromatic N) is 1. The van der Waals surface area contributed by atoms with Crippen LogP contribution in [0.5, 0.6) is 5.75 Å². The van der Waals surface area contributed by atoms with Gasteiger partial charge in [-0.05, 0) is 56.6 Å². The first-order valence-corrected chi connectivity index (χ1v) is 7.47. The van der Waals surface area contributed by atoms with E-state index in [2.05, 4.69) is 17.1 Å². The molecule has 1 aromatic carbocycles. The lowest BCUT2D eigenvalue weighted by atomic mass is 9.91. The number of ether oxygens (including phenoxy) is 1. The molecular formula is C16H26N2O2. The van der Waals surface area contributed by atoms with Crippen LogP contribution in [0.4, 0.5) is 5.69 Å². The highest BCUT2D eigenvalue weighted by atomic mass is 16.5. The molecule has 2 rings (SSSR count). The number of benzene rings is 1. The average Bonchev–Trinajstić information content (AvgIpc) is 2.71. The zero-order valence-electron chi connectivity index (χ0n) is 12.6. The Morgan fingerprint density at radius 2 is 2.00 bits per heavy atom. The van der Waals surface area contributed by atoms with Crippen molar-refractivity contribution in [1.29, 1.82) is 0 Å². The molecule has 1 saturated heterocycles. The monoisotopic (exact) mass is 278 g/mol. The van der Waals surface area contributed by atoms with Gasteiger partial charge in [0, 0.05) is 12.2 Å². The predicted octanol–water partition coefficient (Wildman–Crippen LogP) is 2.34. The van der Waals surface area contributed by atoms with Gasteiger partial charge >= 0.3 is 0 Å². The molecule has 4 nitrogen and oxygen atoms in total. The van der Waals surface area contributed by atoms with Crippen LogP contribution in [0, 0.1) is 0 Å². The minimum Gasteiger partial charge on any atom is -0.497 e. The van der Waals surface area contributed by atoms with Crippen LogP contribution in [-0.4, -0.2) is 48.9 Å². The molecule has 1 atom stereocenters. The number of rotatable bonds is 5. The van der Waals surface area contributed by atoms with Crippen molar-refractivity contribution in [1.82, 2.24) is 4.90 Å². The molecule has 1 aromatic rings. The summed E-state index contributed by atoms with van der Waals surface area (Å²) in [6.07, 6.45) is 3.10. The lowest BCUT2D eigenvalue weighted by Gasteiger charge is -2.33. The summed E-state index contributed by atoms with van der Waals surface area (Å²) in [4.78, 5) is 2.45. The molecule has 2 N–H and O–H groups in total. The van der Waals surface area contributed by atoms with Gasteiger partial charge in [-0.2, -0.15) is 0 Å². The molecule has 1 aliphatic heterocycles. The Labute approximate surface area is 121 Å². The zero-order chi connectivity index (χ0) is 14.4. The van der Waals surface area contributed by atoms with Crippen molar-refractivity contribution < 1.29 is 9.84 Å². The third-order valence-electron chi connectivity index (χ3n) is 4.29. The molecule has 20 heavy (non-hydrogen) atoms. The highest BCUT2D eigenvalue weighted by Crippen LogP contribution is 2.27. The highest BCUT2D eigenvalue weighted by molar-refractivity contribution is 5.48. The summed E-state index contributed by atoms with van der Waals surface area (Å²) in [7, 11) is 1.67. The molecule has 1 aliphatic rings. The maximum absolute atomic E-state index is 9.88. The first-order chi connectivity index (χ1) is 9.71. The summed E-state index contributed by atoms with van der Waals surface area (Å²) in [5.74, 6) is 0.853. The van der Waals surface area contributed by atoms with Crippen LogP contribution in [0.3, 0.4) is 0 Å². The van der Waals surface area contributed by atoms with E-state index in [9.17, 15) is 5.11 Å². The van der Waals surface area contributed by atoms with Crippen LogP contribution in [-0.2, 0) is 0 Å². The van der Waals surface area contributed by atoms with Gasteiger partial charge in [-0.15, -0.1) is 0 Å². The van der Waals surface area contributed by atoms with E-state index in [0.29, 0.717) is 0 Å². The van der Waals surface area contributed by atoms with Gasteiger partial charge in [0.2, 0.25) is 0 Å². The van der Waals surface area contributed by atoms with Crippen LogP contribution in [0.1, 0.15) is 26.2 Å². The van der Waals surface area contributed by atoms with Crippen molar-refractivity contribution in [3.8, 4) is 5.75 Å². The molecule has 0 saturated carbocycles. The molecule has 1 heterocycles.